The Balaban J connectivity index is 2.30. The zero-order chi connectivity index (χ0) is 11.3. The summed E-state index contributed by atoms with van der Waals surface area (Å²) in [6.45, 7) is 10.7. The first kappa shape index (κ1) is 12.8. The average Bonchev–Trinajstić information content (AvgIpc) is 2.15. The maximum atomic E-state index is 3.81. The summed E-state index contributed by atoms with van der Waals surface area (Å²) >= 11 is 0. The lowest BCUT2D eigenvalue weighted by Gasteiger charge is -2.35. The topological polar surface area (TPSA) is 12.0 Å². The number of allylic oxidation sites excluding steroid dienone is 1. The molecule has 0 spiro atoms. The average molecular weight is 209 g/mol. The van der Waals surface area contributed by atoms with E-state index in [4.69, 9.17) is 0 Å². The van der Waals surface area contributed by atoms with Crippen LogP contribution < -0.4 is 5.32 Å². The van der Waals surface area contributed by atoms with Crippen molar-refractivity contribution in [1.82, 2.24) is 5.32 Å². The first-order valence-electron chi connectivity index (χ1n) is 6.50. The molecule has 0 aromatic carbocycles. The first-order valence-corrected chi connectivity index (χ1v) is 6.50. The summed E-state index contributed by atoms with van der Waals surface area (Å²) < 4.78 is 0. The van der Waals surface area contributed by atoms with Crippen molar-refractivity contribution in [3.05, 3.63) is 12.7 Å². The highest BCUT2D eigenvalue weighted by Crippen LogP contribution is 2.33. The molecule has 3 atom stereocenters. The van der Waals surface area contributed by atoms with Crippen LogP contribution in [0.4, 0.5) is 0 Å². The minimum atomic E-state index is 0.631. The fourth-order valence-electron chi connectivity index (χ4n) is 2.84. The van der Waals surface area contributed by atoms with Crippen LogP contribution in [0, 0.1) is 11.8 Å². The third-order valence-corrected chi connectivity index (χ3v) is 3.66. The number of hydrogen-bond donors (Lipinski definition) is 1. The van der Waals surface area contributed by atoms with Gasteiger partial charge in [-0.2, -0.15) is 0 Å². The second kappa shape index (κ2) is 6.32. The van der Waals surface area contributed by atoms with Crippen molar-refractivity contribution >= 4 is 0 Å². The van der Waals surface area contributed by atoms with Gasteiger partial charge in [0.1, 0.15) is 0 Å². The van der Waals surface area contributed by atoms with Gasteiger partial charge in [-0.25, -0.2) is 0 Å². The van der Waals surface area contributed by atoms with E-state index in [2.05, 4.69) is 38.7 Å². The molecule has 1 nitrogen and oxygen atoms in total. The summed E-state index contributed by atoms with van der Waals surface area (Å²) in [7, 11) is 0. The Hall–Kier alpha value is -0.300. The highest BCUT2D eigenvalue weighted by atomic mass is 14.9. The minimum Gasteiger partial charge on any atom is -0.312 e. The van der Waals surface area contributed by atoms with Crippen LogP contribution in [0.5, 0.6) is 0 Å². The summed E-state index contributed by atoms with van der Waals surface area (Å²) in [4.78, 5) is 0. The Bertz CT molecular complexity index is 186. The molecule has 1 fully saturated rings. The van der Waals surface area contributed by atoms with Crippen LogP contribution in [-0.2, 0) is 0 Å². The lowest BCUT2D eigenvalue weighted by molar-refractivity contribution is 0.196. The van der Waals surface area contributed by atoms with Gasteiger partial charge < -0.3 is 5.32 Å². The zero-order valence-electron chi connectivity index (χ0n) is 10.6. The smallest absolute Gasteiger partial charge is 0.00721 e. The van der Waals surface area contributed by atoms with E-state index in [0.717, 1.165) is 17.9 Å². The molecular formula is C14H27N. The molecule has 0 saturated heterocycles. The molecule has 1 N–H and O–H groups in total. The molecule has 15 heavy (non-hydrogen) atoms. The van der Waals surface area contributed by atoms with E-state index in [0.29, 0.717) is 6.04 Å². The second-order valence-corrected chi connectivity index (χ2v) is 5.43. The maximum Gasteiger partial charge on any atom is 0.00721 e. The molecule has 0 radical (unpaired) electrons. The van der Waals surface area contributed by atoms with E-state index in [1.807, 2.05) is 0 Å². The lowest BCUT2D eigenvalue weighted by atomic mass is 9.76. The van der Waals surface area contributed by atoms with Gasteiger partial charge >= 0.3 is 0 Å². The van der Waals surface area contributed by atoms with Crippen LogP contribution in [0.1, 0.15) is 52.9 Å². The Morgan fingerprint density at radius 1 is 1.40 bits per heavy atom. The van der Waals surface area contributed by atoms with Crippen molar-refractivity contribution in [3.63, 3.8) is 0 Å². The van der Waals surface area contributed by atoms with Crippen LogP contribution in [0.2, 0.25) is 0 Å². The van der Waals surface area contributed by atoms with Crippen molar-refractivity contribution in [2.45, 2.75) is 65.0 Å². The number of nitrogens with one attached hydrogen (secondary N) is 1. The van der Waals surface area contributed by atoms with Crippen molar-refractivity contribution in [2.75, 3.05) is 0 Å². The monoisotopic (exact) mass is 209 g/mol. The molecule has 1 rings (SSSR count). The van der Waals surface area contributed by atoms with Gasteiger partial charge in [0.15, 0.2) is 0 Å². The number of hydrogen-bond acceptors (Lipinski definition) is 1. The quantitative estimate of drug-likeness (QED) is 0.680. The van der Waals surface area contributed by atoms with Crippen molar-refractivity contribution in [1.29, 1.82) is 0 Å². The molecule has 1 heteroatoms. The highest BCUT2D eigenvalue weighted by molar-refractivity contribution is 4.83. The summed E-state index contributed by atoms with van der Waals surface area (Å²) in [5.41, 5.74) is 0. The van der Waals surface area contributed by atoms with E-state index in [1.165, 1.54) is 32.1 Å². The molecule has 88 valence electrons. The molecule has 1 saturated carbocycles. The molecule has 0 aromatic rings. The van der Waals surface area contributed by atoms with E-state index in [-0.39, 0.29) is 0 Å². The van der Waals surface area contributed by atoms with Crippen LogP contribution >= 0.6 is 0 Å². The van der Waals surface area contributed by atoms with Crippen molar-refractivity contribution in [2.24, 2.45) is 11.8 Å². The van der Waals surface area contributed by atoms with E-state index >= 15 is 0 Å². The van der Waals surface area contributed by atoms with Crippen LogP contribution in [0.3, 0.4) is 0 Å². The standard InChI is InChI=1S/C14H27N/c1-5-6-7-13-8-9-14(10-12(13)4)15-11(2)3/h5,11-15H,1,6-10H2,2-4H3. The van der Waals surface area contributed by atoms with Gasteiger partial charge in [-0.3, -0.25) is 0 Å². The van der Waals surface area contributed by atoms with Gasteiger partial charge in [-0.1, -0.05) is 26.8 Å². The fourth-order valence-corrected chi connectivity index (χ4v) is 2.84. The van der Waals surface area contributed by atoms with Crippen molar-refractivity contribution < 1.29 is 0 Å². The Morgan fingerprint density at radius 3 is 2.67 bits per heavy atom. The molecule has 1 aliphatic rings. The van der Waals surface area contributed by atoms with Crippen LogP contribution in [0.15, 0.2) is 12.7 Å². The van der Waals surface area contributed by atoms with E-state index in [1.54, 1.807) is 0 Å². The second-order valence-electron chi connectivity index (χ2n) is 5.43. The predicted octanol–water partition coefficient (Wildman–Crippen LogP) is 3.76. The Morgan fingerprint density at radius 2 is 2.13 bits per heavy atom. The first-order chi connectivity index (χ1) is 7.13. The Labute approximate surface area is 95.3 Å². The zero-order valence-corrected chi connectivity index (χ0v) is 10.6. The summed E-state index contributed by atoms with van der Waals surface area (Å²) in [6, 6.07) is 1.40. The third kappa shape index (κ3) is 4.38. The highest BCUT2D eigenvalue weighted by Gasteiger charge is 2.26. The van der Waals surface area contributed by atoms with E-state index < -0.39 is 0 Å². The summed E-state index contributed by atoms with van der Waals surface area (Å²) in [5.74, 6) is 1.82. The SMILES string of the molecule is C=CCCC1CCC(NC(C)C)CC1C. The van der Waals surface area contributed by atoms with Gasteiger partial charge in [0.25, 0.3) is 0 Å². The molecule has 0 heterocycles. The van der Waals surface area contributed by atoms with Gasteiger partial charge in [0, 0.05) is 12.1 Å². The molecule has 0 aromatic heterocycles. The molecule has 3 unspecified atom stereocenters. The number of rotatable bonds is 5. The van der Waals surface area contributed by atoms with Gasteiger partial charge in [0.2, 0.25) is 0 Å². The molecule has 0 aliphatic heterocycles. The Kier molecular flexibility index (Phi) is 5.38. The van der Waals surface area contributed by atoms with Crippen molar-refractivity contribution in [3.8, 4) is 0 Å². The van der Waals surface area contributed by atoms with Gasteiger partial charge in [-0.15, -0.1) is 6.58 Å². The predicted molar refractivity (Wildman–Crippen MR) is 68.0 cm³/mol. The largest absolute Gasteiger partial charge is 0.312 e. The van der Waals surface area contributed by atoms with Gasteiger partial charge in [0.05, 0.1) is 0 Å². The fraction of sp³-hybridized carbons (Fsp3) is 0.857. The summed E-state index contributed by atoms with van der Waals surface area (Å²) in [5, 5.41) is 3.67. The molecular weight excluding hydrogens is 182 g/mol. The lowest BCUT2D eigenvalue weighted by Crippen LogP contribution is -2.40. The molecule has 0 bridgehead atoms. The molecule has 0 amide bonds. The van der Waals surface area contributed by atoms with E-state index in [9.17, 15) is 0 Å². The normalized spacial score (nSPS) is 31.9. The van der Waals surface area contributed by atoms with Crippen LogP contribution in [-0.4, -0.2) is 12.1 Å². The molecule has 1 aliphatic carbocycles. The summed E-state index contributed by atoms with van der Waals surface area (Å²) in [6.07, 6.45) is 8.73. The van der Waals surface area contributed by atoms with Crippen LogP contribution in [0.25, 0.3) is 0 Å². The minimum absolute atomic E-state index is 0.631. The maximum absolute atomic E-state index is 3.81. The van der Waals surface area contributed by atoms with Gasteiger partial charge in [-0.05, 0) is 43.9 Å². The third-order valence-electron chi connectivity index (χ3n) is 3.66.